The molecule has 0 saturated carbocycles. The summed E-state index contributed by atoms with van der Waals surface area (Å²) in [6, 6.07) is 12.4. The molecule has 3 aromatic rings. The molecule has 2 aromatic carbocycles. The second-order valence-corrected chi connectivity index (χ2v) is 7.75. The molecule has 1 aromatic heterocycles. The van der Waals surface area contributed by atoms with Gasteiger partial charge in [-0.25, -0.2) is 4.39 Å². The summed E-state index contributed by atoms with van der Waals surface area (Å²) in [4.78, 5) is 23.6. The largest absolute Gasteiger partial charge is 0.342 e. The van der Waals surface area contributed by atoms with E-state index in [2.05, 4.69) is 21.2 Å². The summed E-state index contributed by atoms with van der Waals surface area (Å²) in [5.74, 6) is -0.660. The lowest BCUT2D eigenvalue weighted by molar-refractivity contribution is -0.115. The molecule has 4 rings (SSSR count). The van der Waals surface area contributed by atoms with Gasteiger partial charge < -0.3 is 4.57 Å². The highest BCUT2D eigenvalue weighted by atomic mass is 79.9. The van der Waals surface area contributed by atoms with Gasteiger partial charge in [-0.1, -0.05) is 34.1 Å². The highest BCUT2D eigenvalue weighted by molar-refractivity contribution is 9.10. The number of nitrogens with zero attached hydrogens (tertiary/aromatic N) is 1. The summed E-state index contributed by atoms with van der Waals surface area (Å²) < 4.78 is 16.9. The molecule has 0 unspecified atom stereocenters. The van der Waals surface area contributed by atoms with E-state index in [4.69, 9.17) is 0 Å². The van der Waals surface area contributed by atoms with Crippen molar-refractivity contribution in [1.29, 1.82) is 0 Å². The number of nitrogens with one attached hydrogen (secondary N) is 1. The highest BCUT2D eigenvalue weighted by Gasteiger charge is 2.25. The molecule has 26 heavy (non-hydrogen) atoms. The normalized spacial score (nSPS) is 15.8. The van der Waals surface area contributed by atoms with Gasteiger partial charge in [-0.3, -0.25) is 14.9 Å². The van der Waals surface area contributed by atoms with Crippen LogP contribution in [0.2, 0.25) is 0 Å². The van der Waals surface area contributed by atoms with Crippen LogP contribution in [0, 0.1) is 5.82 Å². The summed E-state index contributed by atoms with van der Waals surface area (Å²) >= 11 is 4.34. The maximum absolute atomic E-state index is 14.0. The molecule has 0 spiro atoms. The van der Waals surface area contributed by atoms with Crippen LogP contribution in [0.3, 0.4) is 0 Å². The van der Waals surface area contributed by atoms with Crippen molar-refractivity contribution in [3.63, 3.8) is 0 Å². The quantitative estimate of drug-likeness (QED) is 0.600. The third kappa shape index (κ3) is 3.20. The van der Waals surface area contributed by atoms with Gasteiger partial charge in [0.1, 0.15) is 5.82 Å². The summed E-state index contributed by atoms with van der Waals surface area (Å²) in [5.41, 5.74) is 2.29. The topological polar surface area (TPSA) is 51.1 Å². The van der Waals surface area contributed by atoms with E-state index in [1.807, 2.05) is 29.0 Å². The summed E-state index contributed by atoms with van der Waals surface area (Å²) in [6.07, 6.45) is 3.56. The van der Waals surface area contributed by atoms with Crippen LogP contribution in [0.15, 0.2) is 58.0 Å². The molecule has 1 fully saturated rings. The average Bonchev–Trinajstić information content (AvgIpc) is 3.09. The Balaban J connectivity index is 1.83. The predicted molar refractivity (Wildman–Crippen MR) is 104 cm³/mol. The molecule has 0 atom stereocenters. The van der Waals surface area contributed by atoms with Crippen LogP contribution in [0.5, 0.6) is 0 Å². The average molecular weight is 431 g/mol. The zero-order valence-electron chi connectivity index (χ0n) is 13.3. The lowest BCUT2D eigenvalue weighted by Gasteiger charge is -2.06. The lowest BCUT2D eigenvalue weighted by atomic mass is 10.1. The van der Waals surface area contributed by atoms with E-state index in [-0.39, 0.29) is 11.1 Å². The Morgan fingerprint density at radius 1 is 1.19 bits per heavy atom. The van der Waals surface area contributed by atoms with Crippen LogP contribution in [0.25, 0.3) is 17.0 Å². The number of carbonyl (C=O) groups is 2. The molecule has 4 nitrogen and oxygen atoms in total. The molecule has 1 N–H and O–H groups in total. The monoisotopic (exact) mass is 430 g/mol. The smallest absolute Gasteiger partial charge is 0.290 e. The van der Waals surface area contributed by atoms with Gasteiger partial charge in [-0.2, -0.15) is 0 Å². The van der Waals surface area contributed by atoms with Crippen molar-refractivity contribution in [2.75, 3.05) is 0 Å². The Hall–Kier alpha value is -2.38. The molecule has 130 valence electrons. The van der Waals surface area contributed by atoms with Gasteiger partial charge in [0.05, 0.1) is 11.4 Å². The first-order valence-electron chi connectivity index (χ1n) is 7.78. The van der Waals surface area contributed by atoms with E-state index < -0.39 is 5.91 Å². The SMILES string of the molecule is O=C1NC(=O)/C(=C/c2cn(Cc3ccccc3F)c3ccc(Br)cc23)S1. The van der Waals surface area contributed by atoms with E-state index in [9.17, 15) is 14.0 Å². The van der Waals surface area contributed by atoms with Gasteiger partial charge in [-0.05, 0) is 42.1 Å². The first kappa shape index (κ1) is 17.1. The number of thioether (sulfide) groups is 1. The third-order valence-electron chi connectivity index (χ3n) is 4.10. The van der Waals surface area contributed by atoms with Crippen molar-refractivity contribution < 1.29 is 14.0 Å². The molecule has 0 aliphatic carbocycles. The third-order valence-corrected chi connectivity index (χ3v) is 5.40. The number of hydrogen-bond donors (Lipinski definition) is 1. The number of carbonyl (C=O) groups excluding carboxylic acids is 2. The zero-order chi connectivity index (χ0) is 18.3. The van der Waals surface area contributed by atoms with Crippen molar-refractivity contribution in [3.05, 3.63) is 75.0 Å². The van der Waals surface area contributed by atoms with Crippen LogP contribution in [0.1, 0.15) is 11.1 Å². The number of halogens is 2. The molecule has 1 aliphatic rings. The molecule has 2 amide bonds. The maximum Gasteiger partial charge on any atom is 0.290 e. The van der Waals surface area contributed by atoms with E-state index >= 15 is 0 Å². The number of hydrogen-bond acceptors (Lipinski definition) is 3. The molecule has 0 bridgehead atoms. The van der Waals surface area contributed by atoms with E-state index in [1.165, 1.54) is 6.07 Å². The Bertz CT molecular complexity index is 1090. The summed E-state index contributed by atoms with van der Waals surface area (Å²) in [6.45, 7) is 0.367. The minimum atomic E-state index is -0.398. The highest BCUT2D eigenvalue weighted by Crippen LogP contribution is 2.31. The fraction of sp³-hybridized carbons (Fsp3) is 0.0526. The number of benzene rings is 2. The fourth-order valence-electron chi connectivity index (χ4n) is 2.92. The number of aromatic nitrogens is 1. The van der Waals surface area contributed by atoms with Crippen molar-refractivity contribution in [2.45, 2.75) is 6.54 Å². The van der Waals surface area contributed by atoms with Crippen molar-refractivity contribution in [3.8, 4) is 0 Å². The van der Waals surface area contributed by atoms with Gasteiger partial charge in [0.25, 0.3) is 11.1 Å². The van der Waals surface area contributed by atoms with E-state index in [0.717, 1.165) is 32.7 Å². The second-order valence-electron chi connectivity index (χ2n) is 5.82. The van der Waals surface area contributed by atoms with Gasteiger partial charge in [0.2, 0.25) is 0 Å². The standard InChI is InChI=1S/C19H12BrFN2O2S/c20-13-5-6-16-14(8-13)12(7-17-18(24)22-19(25)26-17)10-23(16)9-11-3-1-2-4-15(11)21/h1-8,10H,9H2,(H,22,24,25)/b17-7-. The van der Waals surface area contributed by atoms with Gasteiger partial charge in [0.15, 0.2) is 0 Å². The molecule has 1 aliphatic heterocycles. The first-order valence-corrected chi connectivity index (χ1v) is 9.39. The minimum Gasteiger partial charge on any atom is -0.342 e. The molecule has 1 saturated heterocycles. The van der Waals surface area contributed by atoms with E-state index in [1.54, 1.807) is 24.3 Å². The Morgan fingerprint density at radius 3 is 2.73 bits per heavy atom. The second kappa shape index (κ2) is 6.74. The number of fused-ring (bicyclic) bond motifs is 1. The Morgan fingerprint density at radius 2 is 2.00 bits per heavy atom. The van der Waals surface area contributed by atoms with Crippen molar-refractivity contribution >= 4 is 55.8 Å². The van der Waals surface area contributed by atoms with Gasteiger partial charge in [-0.15, -0.1) is 0 Å². The molecule has 7 heteroatoms. The van der Waals surface area contributed by atoms with Crippen molar-refractivity contribution in [2.24, 2.45) is 0 Å². The van der Waals surface area contributed by atoms with Crippen molar-refractivity contribution in [1.82, 2.24) is 9.88 Å². The molecule has 0 radical (unpaired) electrons. The molecule has 2 heterocycles. The summed E-state index contributed by atoms with van der Waals surface area (Å²) in [5, 5.41) is 2.79. The van der Waals surface area contributed by atoms with Gasteiger partial charge in [0, 0.05) is 32.7 Å². The predicted octanol–water partition coefficient (Wildman–Crippen LogP) is 4.92. The molecular weight excluding hydrogens is 419 g/mol. The minimum absolute atomic E-state index is 0.261. The Labute approximate surface area is 161 Å². The lowest BCUT2D eigenvalue weighted by Crippen LogP contribution is -2.17. The van der Waals surface area contributed by atoms with E-state index in [0.29, 0.717) is 17.0 Å². The number of imide groups is 1. The van der Waals surface area contributed by atoms with Crippen LogP contribution in [-0.2, 0) is 11.3 Å². The van der Waals surface area contributed by atoms with Crippen LogP contribution in [-0.4, -0.2) is 15.7 Å². The number of amides is 2. The molecular formula is C19H12BrFN2O2S. The Kier molecular flexibility index (Phi) is 4.42. The zero-order valence-corrected chi connectivity index (χ0v) is 15.7. The fourth-order valence-corrected chi connectivity index (χ4v) is 3.95. The number of rotatable bonds is 3. The maximum atomic E-state index is 14.0. The van der Waals surface area contributed by atoms with Crippen LogP contribution >= 0.6 is 27.7 Å². The van der Waals surface area contributed by atoms with Gasteiger partial charge >= 0.3 is 0 Å². The first-order chi connectivity index (χ1) is 12.5. The van der Waals surface area contributed by atoms with Crippen LogP contribution in [0.4, 0.5) is 9.18 Å². The summed E-state index contributed by atoms with van der Waals surface area (Å²) in [7, 11) is 0. The van der Waals surface area contributed by atoms with Crippen LogP contribution < -0.4 is 5.32 Å².